The molecule has 0 fully saturated rings. The molecular formula is C13H16ClNO3. The number of carbonyl (C=O) groups is 2. The quantitative estimate of drug-likeness (QED) is 0.768. The number of rotatable bonds is 5. The van der Waals surface area contributed by atoms with Crippen LogP contribution >= 0.6 is 11.6 Å². The second-order valence-electron chi connectivity index (χ2n) is 3.99. The number of carbonyl (C=O) groups excluding carboxylic acids is 2. The van der Waals surface area contributed by atoms with Crippen molar-refractivity contribution in [3.8, 4) is 5.75 Å². The minimum absolute atomic E-state index is 0.440. The van der Waals surface area contributed by atoms with Crippen molar-refractivity contribution in [2.75, 3.05) is 20.7 Å². The first-order valence-electron chi connectivity index (χ1n) is 5.54. The molecule has 0 spiro atoms. The fourth-order valence-electron chi connectivity index (χ4n) is 1.60. The Morgan fingerprint density at radius 2 is 2.06 bits per heavy atom. The van der Waals surface area contributed by atoms with Crippen molar-refractivity contribution in [2.45, 2.75) is 13.3 Å². The van der Waals surface area contributed by atoms with Crippen molar-refractivity contribution >= 4 is 23.3 Å². The largest absolute Gasteiger partial charge is 0.496 e. The van der Waals surface area contributed by atoms with Gasteiger partial charge in [-0.2, -0.15) is 0 Å². The summed E-state index contributed by atoms with van der Waals surface area (Å²) in [6.45, 7) is 1.70. The van der Waals surface area contributed by atoms with Crippen molar-refractivity contribution in [3.63, 3.8) is 0 Å². The van der Waals surface area contributed by atoms with Gasteiger partial charge in [0.2, 0.25) is 5.78 Å². The molecule has 1 aromatic carbocycles. The van der Waals surface area contributed by atoms with E-state index in [1.807, 2.05) is 0 Å². The molecule has 0 bridgehead atoms. The maximum absolute atomic E-state index is 11.4. The number of benzene rings is 1. The van der Waals surface area contributed by atoms with Crippen LogP contribution in [0.3, 0.4) is 0 Å². The zero-order valence-corrected chi connectivity index (χ0v) is 11.5. The molecule has 4 nitrogen and oxygen atoms in total. The third-order valence-corrected chi connectivity index (χ3v) is 2.84. The molecule has 1 aromatic rings. The lowest BCUT2D eigenvalue weighted by molar-refractivity contribution is -0.142. The summed E-state index contributed by atoms with van der Waals surface area (Å²) in [7, 11) is 3.18. The normalized spacial score (nSPS) is 10.0. The second kappa shape index (κ2) is 6.40. The minimum atomic E-state index is -0.490. The number of nitrogens with zero attached hydrogens (tertiary/aromatic N) is 1. The Kier molecular flexibility index (Phi) is 5.16. The van der Waals surface area contributed by atoms with Gasteiger partial charge in [-0.25, -0.2) is 0 Å². The van der Waals surface area contributed by atoms with E-state index in [1.165, 1.54) is 11.8 Å². The number of Topliss-reactive ketones (excluding diaryl/α,β-unsaturated/α-hetero) is 1. The average Bonchev–Trinajstić information content (AvgIpc) is 2.35. The Balaban J connectivity index is 2.71. The van der Waals surface area contributed by atoms with Crippen LogP contribution in [0, 0.1) is 0 Å². The fraction of sp³-hybridized carbons (Fsp3) is 0.385. The molecule has 0 aliphatic heterocycles. The lowest BCUT2D eigenvalue weighted by Gasteiger charge is -2.16. The number of halogens is 1. The van der Waals surface area contributed by atoms with E-state index in [1.54, 1.807) is 32.4 Å². The van der Waals surface area contributed by atoms with Crippen LogP contribution < -0.4 is 4.74 Å². The van der Waals surface area contributed by atoms with Crippen LogP contribution in [0.5, 0.6) is 5.75 Å². The smallest absolute Gasteiger partial charge is 0.289 e. The Morgan fingerprint density at radius 1 is 1.39 bits per heavy atom. The lowest BCUT2D eigenvalue weighted by Crippen LogP contribution is -2.33. The summed E-state index contributed by atoms with van der Waals surface area (Å²) in [5.74, 6) is -0.227. The van der Waals surface area contributed by atoms with E-state index >= 15 is 0 Å². The Labute approximate surface area is 111 Å². The molecule has 0 aliphatic rings. The van der Waals surface area contributed by atoms with Crippen LogP contribution in [0.25, 0.3) is 0 Å². The van der Waals surface area contributed by atoms with Gasteiger partial charge in [-0.1, -0.05) is 11.6 Å². The molecule has 0 N–H and O–H groups in total. The topological polar surface area (TPSA) is 46.6 Å². The van der Waals surface area contributed by atoms with Crippen molar-refractivity contribution < 1.29 is 14.3 Å². The van der Waals surface area contributed by atoms with Crippen molar-refractivity contribution in [1.82, 2.24) is 4.90 Å². The molecule has 0 aromatic heterocycles. The predicted molar refractivity (Wildman–Crippen MR) is 70.0 cm³/mol. The van der Waals surface area contributed by atoms with Crippen molar-refractivity contribution in [2.24, 2.45) is 0 Å². The summed E-state index contributed by atoms with van der Waals surface area (Å²) in [6.07, 6.45) is 0.583. The van der Waals surface area contributed by atoms with Crippen LogP contribution in [0.15, 0.2) is 18.2 Å². The molecule has 5 heteroatoms. The SMILES string of the molecule is COc1ccc(Cl)cc1CCN(C)C(=O)C(C)=O. The van der Waals surface area contributed by atoms with Gasteiger partial charge in [0.1, 0.15) is 5.75 Å². The van der Waals surface area contributed by atoms with E-state index in [9.17, 15) is 9.59 Å². The molecule has 0 radical (unpaired) electrons. The van der Waals surface area contributed by atoms with Crippen LogP contribution in [0.1, 0.15) is 12.5 Å². The summed E-state index contributed by atoms with van der Waals surface area (Å²) in [5, 5.41) is 0.617. The number of hydrogen-bond acceptors (Lipinski definition) is 3. The highest BCUT2D eigenvalue weighted by Crippen LogP contribution is 2.23. The van der Waals surface area contributed by atoms with Gasteiger partial charge in [0.05, 0.1) is 7.11 Å². The molecule has 0 unspecified atom stereocenters. The molecule has 0 heterocycles. The third kappa shape index (κ3) is 3.74. The van der Waals surface area contributed by atoms with Crippen molar-refractivity contribution in [3.05, 3.63) is 28.8 Å². The molecular weight excluding hydrogens is 254 g/mol. The molecule has 0 aliphatic carbocycles. The first kappa shape index (κ1) is 14.5. The van der Waals surface area contributed by atoms with Crippen LogP contribution in [0.4, 0.5) is 0 Å². The van der Waals surface area contributed by atoms with E-state index < -0.39 is 11.7 Å². The van der Waals surface area contributed by atoms with Crippen LogP contribution in [-0.2, 0) is 16.0 Å². The molecule has 1 amide bonds. The van der Waals surface area contributed by atoms with Crippen LogP contribution in [-0.4, -0.2) is 37.3 Å². The number of ketones is 1. The highest BCUT2D eigenvalue weighted by Gasteiger charge is 2.14. The first-order chi connectivity index (χ1) is 8.45. The Bertz CT molecular complexity index is 460. The number of methoxy groups -OCH3 is 1. The summed E-state index contributed by atoms with van der Waals surface area (Å²) in [4.78, 5) is 23.7. The second-order valence-corrected chi connectivity index (χ2v) is 4.43. The van der Waals surface area contributed by atoms with Gasteiger partial charge in [-0.15, -0.1) is 0 Å². The highest BCUT2D eigenvalue weighted by atomic mass is 35.5. The third-order valence-electron chi connectivity index (χ3n) is 2.61. The van der Waals surface area contributed by atoms with E-state index in [-0.39, 0.29) is 0 Å². The van der Waals surface area contributed by atoms with Gasteiger partial charge in [-0.05, 0) is 30.2 Å². The molecule has 0 saturated heterocycles. The highest BCUT2D eigenvalue weighted by molar-refractivity contribution is 6.35. The molecule has 98 valence electrons. The number of amides is 1. The minimum Gasteiger partial charge on any atom is -0.496 e. The maximum Gasteiger partial charge on any atom is 0.289 e. The zero-order chi connectivity index (χ0) is 13.7. The maximum atomic E-state index is 11.4. The van der Waals surface area contributed by atoms with Gasteiger partial charge in [0.25, 0.3) is 5.91 Å². The van der Waals surface area contributed by atoms with E-state index in [4.69, 9.17) is 16.3 Å². The van der Waals surface area contributed by atoms with Gasteiger partial charge < -0.3 is 9.64 Å². The Hall–Kier alpha value is -1.55. The summed E-state index contributed by atoms with van der Waals surface area (Å²) < 4.78 is 5.21. The van der Waals surface area contributed by atoms with E-state index in [2.05, 4.69) is 0 Å². The zero-order valence-electron chi connectivity index (χ0n) is 10.7. The average molecular weight is 270 g/mol. The van der Waals surface area contributed by atoms with Crippen LogP contribution in [0.2, 0.25) is 5.02 Å². The van der Waals surface area contributed by atoms with Gasteiger partial charge >= 0.3 is 0 Å². The Morgan fingerprint density at radius 3 is 2.61 bits per heavy atom. The van der Waals surface area contributed by atoms with Gasteiger partial charge in [0, 0.05) is 25.5 Å². The molecule has 0 atom stereocenters. The van der Waals surface area contributed by atoms with E-state index in [0.29, 0.717) is 18.0 Å². The standard InChI is InChI=1S/C13H16ClNO3/c1-9(16)13(17)15(2)7-6-10-8-11(14)4-5-12(10)18-3/h4-5,8H,6-7H2,1-3H3. The molecule has 1 rings (SSSR count). The lowest BCUT2D eigenvalue weighted by atomic mass is 10.1. The summed E-state index contributed by atoms with van der Waals surface area (Å²) in [6, 6.07) is 5.32. The number of hydrogen-bond donors (Lipinski definition) is 0. The van der Waals surface area contributed by atoms with E-state index in [0.717, 1.165) is 11.3 Å². The summed E-state index contributed by atoms with van der Waals surface area (Å²) in [5.41, 5.74) is 0.910. The monoisotopic (exact) mass is 269 g/mol. The first-order valence-corrected chi connectivity index (χ1v) is 5.92. The van der Waals surface area contributed by atoms with Gasteiger partial charge in [0.15, 0.2) is 0 Å². The summed E-state index contributed by atoms with van der Waals surface area (Å²) >= 11 is 5.91. The predicted octanol–water partition coefficient (Wildman–Crippen LogP) is 1.94. The number of likely N-dealkylation sites (N-methyl/N-ethyl adjacent to an activating group) is 1. The fourth-order valence-corrected chi connectivity index (χ4v) is 1.80. The van der Waals surface area contributed by atoms with Crippen molar-refractivity contribution in [1.29, 1.82) is 0 Å². The number of ether oxygens (including phenoxy) is 1. The molecule has 18 heavy (non-hydrogen) atoms. The molecule has 0 saturated carbocycles. The van der Waals surface area contributed by atoms with Gasteiger partial charge in [-0.3, -0.25) is 9.59 Å².